The second kappa shape index (κ2) is 22.4. The van der Waals surface area contributed by atoms with Crippen molar-refractivity contribution in [2.45, 2.75) is 69.8 Å². The lowest BCUT2D eigenvalue weighted by Crippen LogP contribution is -2.62. The van der Waals surface area contributed by atoms with E-state index >= 15 is 0 Å². The minimum absolute atomic E-state index is 0.0119. The van der Waals surface area contributed by atoms with Crippen molar-refractivity contribution >= 4 is 12.1 Å². The van der Waals surface area contributed by atoms with Crippen molar-refractivity contribution in [2.24, 2.45) is 0 Å². The fourth-order valence-corrected chi connectivity index (χ4v) is 6.29. The number of nitrogens with one attached hydrogen (secondary N) is 1. The summed E-state index contributed by atoms with van der Waals surface area (Å²) in [5.41, 5.74) is 4.62. The number of amides is 1. The molecule has 0 spiro atoms. The number of hydrogen-bond donors (Lipinski definition) is 1. The van der Waals surface area contributed by atoms with Crippen LogP contribution in [0.3, 0.4) is 0 Å². The Hall–Kier alpha value is -5.40. The number of hydrogen-bond acceptors (Lipinski definition) is 10. The highest BCUT2D eigenvalue weighted by Gasteiger charge is 2.49. The Morgan fingerprint density at radius 3 is 1.44 bits per heavy atom. The summed E-state index contributed by atoms with van der Waals surface area (Å²) in [4.78, 5) is 25.9. The molecule has 5 aromatic carbocycles. The zero-order valence-corrected chi connectivity index (χ0v) is 31.9. The first kappa shape index (κ1) is 41.2. The average molecular weight is 776 g/mol. The number of ether oxygens (including phenoxy) is 8. The number of esters is 1. The summed E-state index contributed by atoms with van der Waals surface area (Å²) >= 11 is 0. The molecule has 1 saturated heterocycles. The van der Waals surface area contributed by atoms with Gasteiger partial charge in [0.25, 0.3) is 0 Å². The van der Waals surface area contributed by atoms with Crippen LogP contribution in [0.15, 0.2) is 152 Å². The number of benzene rings is 5. The minimum atomic E-state index is -1.24. The van der Waals surface area contributed by atoms with Crippen molar-refractivity contribution in [2.75, 3.05) is 20.3 Å². The number of carbonyl (C=O) groups excluding carboxylic acids is 2. The Morgan fingerprint density at radius 2 is 0.965 bits per heavy atom. The van der Waals surface area contributed by atoms with E-state index in [2.05, 4.69) is 5.32 Å². The molecule has 298 valence electrons. The Labute approximate surface area is 333 Å². The summed E-state index contributed by atoms with van der Waals surface area (Å²) in [5, 5.41) is 2.58. The topological polar surface area (TPSA) is 120 Å². The Balaban J connectivity index is 1.27. The Kier molecular flexibility index (Phi) is 16.2. The van der Waals surface area contributed by atoms with Crippen molar-refractivity contribution in [1.82, 2.24) is 5.32 Å². The van der Waals surface area contributed by atoms with Gasteiger partial charge in [-0.1, -0.05) is 152 Å². The molecule has 0 aliphatic carbocycles. The lowest BCUT2D eigenvalue weighted by atomic mass is 9.97. The molecule has 1 amide bonds. The SMILES string of the molecule is COC(=O)[C@H](CO[C@H]1O[C@H](COCc2ccccc2)[C@@H](OCc2ccccc2)[C@H](OCc2ccccc2)[C@H]1OCc1ccccc1)NC(=O)OCc1ccccc1. The predicted octanol–water partition coefficient (Wildman–Crippen LogP) is 7.17. The molecule has 0 radical (unpaired) electrons. The molecule has 1 fully saturated rings. The van der Waals surface area contributed by atoms with E-state index in [4.69, 9.17) is 37.9 Å². The molecular weight excluding hydrogens is 727 g/mol. The third kappa shape index (κ3) is 13.1. The largest absolute Gasteiger partial charge is 0.467 e. The molecule has 1 N–H and O–H groups in total. The fraction of sp³-hybridized carbons (Fsp3) is 0.304. The number of rotatable bonds is 20. The average Bonchev–Trinajstić information content (AvgIpc) is 3.27. The van der Waals surface area contributed by atoms with Gasteiger partial charge < -0.3 is 43.2 Å². The molecule has 6 rings (SSSR count). The Bertz CT molecular complexity index is 1890. The van der Waals surface area contributed by atoms with E-state index in [1.165, 1.54) is 7.11 Å². The number of methoxy groups -OCH3 is 1. The normalized spacial score (nSPS) is 19.6. The van der Waals surface area contributed by atoms with Crippen LogP contribution < -0.4 is 5.32 Å². The lowest BCUT2D eigenvalue weighted by Gasteiger charge is -2.46. The summed E-state index contributed by atoms with van der Waals surface area (Å²) in [7, 11) is 1.23. The van der Waals surface area contributed by atoms with E-state index in [1.807, 2.05) is 152 Å². The van der Waals surface area contributed by atoms with Crippen LogP contribution in [0.4, 0.5) is 4.79 Å². The summed E-state index contributed by atoms with van der Waals surface area (Å²) < 4.78 is 49.9. The van der Waals surface area contributed by atoms with E-state index < -0.39 is 48.8 Å². The highest BCUT2D eigenvalue weighted by Crippen LogP contribution is 2.32. The quantitative estimate of drug-likeness (QED) is 0.0816. The minimum Gasteiger partial charge on any atom is -0.467 e. The maximum Gasteiger partial charge on any atom is 0.408 e. The number of carbonyl (C=O) groups is 2. The predicted molar refractivity (Wildman–Crippen MR) is 211 cm³/mol. The molecule has 0 bridgehead atoms. The van der Waals surface area contributed by atoms with Crippen LogP contribution in [0.5, 0.6) is 0 Å². The molecule has 0 aromatic heterocycles. The number of alkyl carbamates (subject to hydrolysis) is 1. The van der Waals surface area contributed by atoms with Crippen LogP contribution in [-0.4, -0.2) is 69.1 Å². The zero-order valence-electron chi connectivity index (χ0n) is 31.9. The molecule has 11 nitrogen and oxygen atoms in total. The summed E-state index contributed by atoms with van der Waals surface area (Å²) in [6.07, 6.45) is -4.94. The monoisotopic (exact) mass is 775 g/mol. The molecule has 1 aliphatic rings. The van der Waals surface area contributed by atoms with Crippen molar-refractivity contribution in [3.05, 3.63) is 179 Å². The Morgan fingerprint density at radius 1 is 0.544 bits per heavy atom. The van der Waals surface area contributed by atoms with Crippen LogP contribution in [0, 0.1) is 0 Å². The third-order valence-electron chi connectivity index (χ3n) is 9.26. The molecule has 0 saturated carbocycles. The standard InChI is InChI=1S/C46H49NO10/c1-50-44(48)39(47-46(49)56-31-38-25-15-6-16-26-38)32-55-45-43(54-30-37-23-13-5-14-24-37)42(53-29-36-21-11-4-12-22-36)41(52-28-35-19-9-3-10-20-35)40(57-45)33-51-27-34-17-7-2-8-18-34/h2-26,39-43,45H,27-33H2,1H3,(H,47,49)/t39-,40+,41+,42-,43+,45-/m0/s1. The molecule has 1 aliphatic heterocycles. The van der Waals surface area contributed by atoms with Gasteiger partial charge in [0.2, 0.25) is 0 Å². The molecule has 1 heterocycles. The van der Waals surface area contributed by atoms with Gasteiger partial charge in [-0.15, -0.1) is 0 Å². The van der Waals surface area contributed by atoms with E-state index in [-0.39, 0.29) is 39.6 Å². The molecule has 5 aromatic rings. The van der Waals surface area contributed by atoms with Crippen LogP contribution in [-0.2, 0) is 75.7 Å². The van der Waals surface area contributed by atoms with Gasteiger partial charge >= 0.3 is 12.1 Å². The highest BCUT2D eigenvalue weighted by molar-refractivity contribution is 5.81. The van der Waals surface area contributed by atoms with Gasteiger partial charge in [0.05, 0.1) is 46.8 Å². The summed E-state index contributed by atoms with van der Waals surface area (Å²) in [6, 6.07) is 47.2. The third-order valence-corrected chi connectivity index (χ3v) is 9.26. The van der Waals surface area contributed by atoms with Crippen molar-refractivity contribution in [3.8, 4) is 0 Å². The van der Waals surface area contributed by atoms with E-state index in [1.54, 1.807) is 0 Å². The molecule has 6 atom stereocenters. The van der Waals surface area contributed by atoms with E-state index in [9.17, 15) is 9.59 Å². The van der Waals surface area contributed by atoms with Gasteiger partial charge in [0.1, 0.15) is 31.0 Å². The second-order valence-corrected chi connectivity index (χ2v) is 13.4. The van der Waals surface area contributed by atoms with Gasteiger partial charge in [-0.05, 0) is 27.8 Å². The van der Waals surface area contributed by atoms with Gasteiger partial charge in [-0.3, -0.25) is 0 Å². The first-order valence-electron chi connectivity index (χ1n) is 19.0. The lowest BCUT2D eigenvalue weighted by molar-refractivity contribution is -0.329. The second-order valence-electron chi connectivity index (χ2n) is 13.4. The molecule has 0 unspecified atom stereocenters. The van der Waals surface area contributed by atoms with Gasteiger partial charge in [-0.2, -0.15) is 0 Å². The van der Waals surface area contributed by atoms with Crippen molar-refractivity contribution in [1.29, 1.82) is 0 Å². The summed E-state index contributed by atoms with van der Waals surface area (Å²) in [6.45, 7) is 0.845. The highest BCUT2D eigenvalue weighted by atomic mass is 16.7. The molecular formula is C46H49NO10. The van der Waals surface area contributed by atoms with Crippen molar-refractivity contribution in [3.63, 3.8) is 0 Å². The smallest absolute Gasteiger partial charge is 0.408 e. The fourth-order valence-electron chi connectivity index (χ4n) is 6.29. The van der Waals surface area contributed by atoms with Crippen LogP contribution in [0.25, 0.3) is 0 Å². The van der Waals surface area contributed by atoms with E-state index in [0.29, 0.717) is 6.61 Å². The zero-order chi connectivity index (χ0) is 39.5. The molecule has 11 heteroatoms. The van der Waals surface area contributed by atoms with Crippen LogP contribution in [0.1, 0.15) is 27.8 Å². The first-order chi connectivity index (χ1) is 28.1. The van der Waals surface area contributed by atoms with Gasteiger partial charge in [-0.25, -0.2) is 9.59 Å². The maximum absolute atomic E-state index is 13.0. The van der Waals surface area contributed by atoms with Gasteiger partial charge in [0, 0.05) is 0 Å². The van der Waals surface area contributed by atoms with E-state index in [0.717, 1.165) is 27.8 Å². The van der Waals surface area contributed by atoms with Crippen LogP contribution >= 0.6 is 0 Å². The maximum atomic E-state index is 13.0. The molecule has 57 heavy (non-hydrogen) atoms. The summed E-state index contributed by atoms with van der Waals surface area (Å²) in [5.74, 6) is -0.729. The first-order valence-corrected chi connectivity index (χ1v) is 19.0. The van der Waals surface area contributed by atoms with Crippen molar-refractivity contribution < 1.29 is 47.5 Å². The van der Waals surface area contributed by atoms with Gasteiger partial charge in [0.15, 0.2) is 12.3 Å². The van der Waals surface area contributed by atoms with Crippen LogP contribution in [0.2, 0.25) is 0 Å².